The molecule has 0 aromatic carbocycles. The van der Waals surface area contributed by atoms with E-state index in [2.05, 4.69) is 15.4 Å². The number of hydrogen-bond donors (Lipinski definition) is 1. The number of anilines is 1. The Kier molecular flexibility index (Phi) is 3.52. The standard InChI is InChI=1S/C11H13N5O2/c1-2-12-11-9(4-3-5-13-11)7-15-8-10(6-14-15)16(17)18/h3-6,8H,2,7H2,1H3,(H,12,13). The van der Waals surface area contributed by atoms with Crippen molar-refractivity contribution in [2.75, 3.05) is 11.9 Å². The van der Waals surface area contributed by atoms with Gasteiger partial charge in [-0.15, -0.1) is 0 Å². The van der Waals surface area contributed by atoms with Gasteiger partial charge in [-0.25, -0.2) is 4.98 Å². The van der Waals surface area contributed by atoms with Crippen LogP contribution >= 0.6 is 0 Å². The molecule has 0 amide bonds. The molecule has 7 heteroatoms. The van der Waals surface area contributed by atoms with E-state index in [4.69, 9.17) is 0 Å². The summed E-state index contributed by atoms with van der Waals surface area (Å²) in [5, 5.41) is 17.7. The van der Waals surface area contributed by atoms with E-state index in [0.717, 1.165) is 17.9 Å². The molecule has 1 N–H and O–H groups in total. The second-order valence-electron chi connectivity index (χ2n) is 3.69. The third-order valence-electron chi connectivity index (χ3n) is 2.40. The molecule has 0 aliphatic rings. The van der Waals surface area contributed by atoms with Crippen LogP contribution in [-0.4, -0.2) is 26.2 Å². The van der Waals surface area contributed by atoms with E-state index in [1.807, 2.05) is 19.1 Å². The highest BCUT2D eigenvalue weighted by Crippen LogP contribution is 2.14. The topological polar surface area (TPSA) is 85.9 Å². The highest BCUT2D eigenvalue weighted by Gasteiger charge is 2.10. The fraction of sp³-hybridized carbons (Fsp3) is 0.273. The highest BCUT2D eigenvalue weighted by molar-refractivity contribution is 5.43. The lowest BCUT2D eigenvalue weighted by Gasteiger charge is -2.08. The monoisotopic (exact) mass is 247 g/mol. The van der Waals surface area contributed by atoms with Gasteiger partial charge in [0.05, 0.1) is 11.5 Å². The average molecular weight is 247 g/mol. The number of hydrogen-bond acceptors (Lipinski definition) is 5. The van der Waals surface area contributed by atoms with Crippen molar-refractivity contribution in [3.05, 3.63) is 46.4 Å². The number of nitro groups is 1. The van der Waals surface area contributed by atoms with Crippen molar-refractivity contribution < 1.29 is 4.92 Å². The molecule has 0 bridgehead atoms. The lowest BCUT2D eigenvalue weighted by atomic mass is 10.2. The Morgan fingerprint density at radius 2 is 2.39 bits per heavy atom. The molecular formula is C11H13N5O2. The van der Waals surface area contributed by atoms with Crippen molar-refractivity contribution in [1.82, 2.24) is 14.8 Å². The molecule has 94 valence electrons. The van der Waals surface area contributed by atoms with E-state index in [1.165, 1.54) is 17.1 Å². The van der Waals surface area contributed by atoms with Gasteiger partial charge in [-0.05, 0) is 13.0 Å². The van der Waals surface area contributed by atoms with Crippen molar-refractivity contribution in [3.63, 3.8) is 0 Å². The Labute approximate surface area is 104 Å². The van der Waals surface area contributed by atoms with E-state index in [-0.39, 0.29) is 5.69 Å². The predicted octanol–water partition coefficient (Wildman–Crippen LogP) is 1.67. The molecule has 2 aromatic heterocycles. The Bertz CT molecular complexity index is 552. The van der Waals surface area contributed by atoms with Crippen LogP contribution in [0.3, 0.4) is 0 Å². The molecular weight excluding hydrogens is 234 g/mol. The van der Waals surface area contributed by atoms with Gasteiger partial charge in [0, 0.05) is 18.3 Å². The molecule has 0 aliphatic heterocycles. The van der Waals surface area contributed by atoms with Gasteiger partial charge in [-0.2, -0.15) is 5.10 Å². The van der Waals surface area contributed by atoms with E-state index in [1.54, 1.807) is 6.20 Å². The fourth-order valence-corrected chi connectivity index (χ4v) is 1.60. The lowest BCUT2D eigenvalue weighted by Crippen LogP contribution is -2.07. The number of aromatic nitrogens is 3. The molecule has 0 unspecified atom stereocenters. The lowest BCUT2D eigenvalue weighted by molar-refractivity contribution is -0.385. The first-order valence-corrected chi connectivity index (χ1v) is 5.55. The third-order valence-corrected chi connectivity index (χ3v) is 2.40. The zero-order chi connectivity index (χ0) is 13.0. The maximum absolute atomic E-state index is 10.6. The summed E-state index contributed by atoms with van der Waals surface area (Å²) in [6, 6.07) is 3.74. The molecule has 0 spiro atoms. The summed E-state index contributed by atoms with van der Waals surface area (Å²) in [5.41, 5.74) is 0.932. The van der Waals surface area contributed by atoms with Crippen LogP contribution < -0.4 is 5.32 Å². The molecule has 0 saturated carbocycles. The maximum atomic E-state index is 10.6. The van der Waals surface area contributed by atoms with Gasteiger partial charge in [-0.3, -0.25) is 14.8 Å². The molecule has 0 saturated heterocycles. The van der Waals surface area contributed by atoms with Gasteiger partial charge in [0.1, 0.15) is 18.2 Å². The zero-order valence-corrected chi connectivity index (χ0v) is 9.91. The smallest absolute Gasteiger partial charge is 0.307 e. The first kappa shape index (κ1) is 12.0. The number of nitrogens with one attached hydrogen (secondary N) is 1. The third kappa shape index (κ3) is 2.62. The second kappa shape index (κ2) is 5.26. The van der Waals surface area contributed by atoms with E-state index >= 15 is 0 Å². The normalized spacial score (nSPS) is 10.3. The van der Waals surface area contributed by atoms with Crippen LogP contribution in [0.25, 0.3) is 0 Å². The minimum absolute atomic E-state index is 0.0103. The van der Waals surface area contributed by atoms with Crippen molar-refractivity contribution in [1.29, 1.82) is 0 Å². The number of pyridine rings is 1. The molecule has 18 heavy (non-hydrogen) atoms. The summed E-state index contributed by atoms with van der Waals surface area (Å²) >= 11 is 0. The van der Waals surface area contributed by atoms with Crippen molar-refractivity contribution in [3.8, 4) is 0 Å². The Morgan fingerprint density at radius 3 is 3.06 bits per heavy atom. The van der Waals surface area contributed by atoms with E-state index < -0.39 is 4.92 Å². The van der Waals surface area contributed by atoms with Gasteiger partial charge in [-0.1, -0.05) is 6.07 Å². The molecule has 2 heterocycles. The Balaban J connectivity index is 2.19. The van der Waals surface area contributed by atoms with E-state index in [9.17, 15) is 10.1 Å². The summed E-state index contributed by atoms with van der Waals surface area (Å²) in [7, 11) is 0. The van der Waals surface area contributed by atoms with Gasteiger partial charge in [0.2, 0.25) is 0 Å². The van der Waals surface area contributed by atoms with Gasteiger partial charge >= 0.3 is 5.69 Å². The minimum atomic E-state index is -0.460. The Morgan fingerprint density at radius 1 is 1.56 bits per heavy atom. The summed E-state index contributed by atoms with van der Waals surface area (Å²) in [6.45, 7) is 3.20. The molecule has 0 fully saturated rings. The van der Waals surface area contributed by atoms with Gasteiger partial charge in [0.25, 0.3) is 0 Å². The fourth-order valence-electron chi connectivity index (χ4n) is 1.60. The van der Waals surface area contributed by atoms with Crippen molar-refractivity contribution in [2.45, 2.75) is 13.5 Å². The molecule has 2 rings (SSSR count). The van der Waals surface area contributed by atoms with Crippen molar-refractivity contribution >= 4 is 11.5 Å². The van der Waals surface area contributed by atoms with Crippen LogP contribution in [0.5, 0.6) is 0 Å². The molecule has 2 aromatic rings. The molecule has 0 atom stereocenters. The largest absolute Gasteiger partial charge is 0.370 e. The van der Waals surface area contributed by atoms with Crippen LogP contribution in [0.4, 0.5) is 11.5 Å². The Hall–Kier alpha value is -2.44. The van der Waals surface area contributed by atoms with Crippen LogP contribution in [0, 0.1) is 10.1 Å². The summed E-state index contributed by atoms with van der Waals surface area (Å²) in [4.78, 5) is 14.3. The average Bonchev–Trinajstić information content (AvgIpc) is 2.81. The van der Waals surface area contributed by atoms with Gasteiger partial charge < -0.3 is 5.32 Å². The van der Waals surface area contributed by atoms with E-state index in [0.29, 0.717) is 6.54 Å². The van der Waals surface area contributed by atoms with Crippen LogP contribution in [0.15, 0.2) is 30.7 Å². The SMILES string of the molecule is CCNc1ncccc1Cn1cc([N+](=O)[O-])cn1. The number of nitrogens with zero attached hydrogens (tertiary/aromatic N) is 4. The van der Waals surface area contributed by atoms with Crippen LogP contribution in [-0.2, 0) is 6.54 Å². The van der Waals surface area contributed by atoms with Crippen LogP contribution in [0.1, 0.15) is 12.5 Å². The van der Waals surface area contributed by atoms with Crippen LogP contribution in [0.2, 0.25) is 0 Å². The minimum Gasteiger partial charge on any atom is -0.370 e. The molecule has 7 nitrogen and oxygen atoms in total. The summed E-state index contributed by atoms with van der Waals surface area (Å²) in [6.07, 6.45) is 4.35. The zero-order valence-electron chi connectivity index (χ0n) is 9.91. The summed E-state index contributed by atoms with van der Waals surface area (Å²) in [5.74, 6) is 0.776. The molecule has 0 aliphatic carbocycles. The number of rotatable bonds is 5. The summed E-state index contributed by atoms with van der Waals surface area (Å²) < 4.78 is 1.52. The van der Waals surface area contributed by atoms with Gasteiger partial charge in [0.15, 0.2) is 0 Å². The second-order valence-corrected chi connectivity index (χ2v) is 3.69. The highest BCUT2D eigenvalue weighted by atomic mass is 16.6. The molecule has 0 radical (unpaired) electrons. The first-order valence-electron chi connectivity index (χ1n) is 5.55. The first-order chi connectivity index (χ1) is 8.70. The quantitative estimate of drug-likeness (QED) is 0.641. The van der Waals surface area contributed by atoms with Crippen molar-refractivity contribution in [2.24, 2.45) is 0 Å². The predicted molar refractivity (Wildman–Crippen MR) is 66.4 cm³/mol. The maximum Gasteiger partial charge on any atom is 0.307 e.